The van der Waals surface area contributed by atoms with Crippen molar-refractivity contribution in [2.45, 2.75) is 13.3 Å². The van der Waals surface area contributed by atoms with Gasteiger partial charge in [-0.05, 0) is 6.42 Å². The summed E-state index contributed by atoms with van der Waals surface area (Å²) in [4.78, 5) is 10.7. The van der Waals surface area contributed by atoms with Gasteiger partial charge in [-0.25, -0.2) is 0 Å². The molecule has 0 aliphatic carbocycles. The molecule has 0 radical (unpaired) electrons. The molecule has 0 aliphatic heterocycles. The van der Waals surface area contributed by atoms with Crippen LogP contribution in [0.15, 0.2) is 0 Å². The normalized spacial score (nSPS) is 15.0. The van der Waals surface area contributed by atoms with E-state index in [0.717, 1.165) is 17.8 Å². The van der Waals surface area contributed by atoms with E-state index in [9.17, 15) is 9.36 Å². The molecular weight excluding hydrogens is 211 g/mol. The summed E-state index contributed by atoms with van der Waals surface area (Å²) in [6, 6.07) is 0. The van der Waals surface area contributed by atoms with Gasteiger partial charge in [0.05, 0.1) is 0 Å². The maximum absolute atomic E-state index is 11.3. The van der Waals surface area contributed by atoms with Crippen LogP contribution in [0.2, 0.25) is 0 Å². The standard InChI is InChI=1S/C6H15N2O3PS/c1-3-4-13-12(7,10)11-5-6(9)8-2/h3-5H2,1-2H3,(H2,7,10)(H,8,9). The first-order valence-corrected chi connectivity index (χ1v) is 7.18. The highest BCUT2D eigenvalue weighted by atomic mass is 32.7. The zero-order valence-corrected chi connectivity index (χ0v) is 9.49. The Hall–Kier alpha value is -0.0300. The minimum Gasteiger partial charge on any atom is -0.357 e. The van der Waals surface area contributed by atoms with Crippen molar-refractivity contribution in [3.05, 3.63) is 0 Å². The molecule has 0 spiro atoms. The molecule has 13 heavy (non-hydrogen) atoms. The Labute approximate surface area is 82.0 Å². The Morgan fingerprint density at radius 3 is 2.77 bits per heavy atom. The summed E-state index contributed by atoms with van der Waals surface area (Å²) in [5.74, 6) is 0.337. The number of nitrogens with one attached hydrogen (secondary N) is 1. The quantitative estimate of drug-likeness (QED) is 0.659. The van der Waals surface area contributed by atoms with Crippen LogP contribution in [0.3, 0.4) is 0 Å². The summed E-state index contributed by atoms with van der Waals surface area (Å²) >= 11 is 1.06. The Balaban J connectivity index is 3.75. The molecule has 0 bridgehead atoms. The number of amides is 1. The van der Waals surface area contributed by atoms with Crippen molar-refractivity contribution in [1.82, 2.24) is 5.32 Å². The fourth-order valence-corrected chi connectivity index (χ4v) is 2.98. The van der Waals surface area contributed by atoms with Crippen LogP contribution in [0.1, 0.15) is 13.3 Å². The Bertz CT molecular complexity index is 212. The first-order valence-electron chi connectivity index (χ1n) is 3.90. The smallest absolute Gasteiger partial charge is 0.324 e. The number of hydrogen-bond donors (Lipinski definition) is 2. The van der Waals surface area contributed by atoms with Crippen molar-refractivity contribution in [2.75, 3.05) is 19.4 Å². The molecule has 1 unspecified atom stereocenters. The van der Waals surface area contributed by atoms with Gasteiger partial charge in [0.1, 0.15) is 6.61 Å². The van der Waals surface area contributed by atoms with Gasteiger partial charge < -0.3 is 9.84 Å². The van der Waals surface area contributed by atoms with Crippen molar-refractivity contribution in [3.63, 3.8) is 0 Å². The summed E-state index contributed by atoms with van der Waals surface area (Å²) in [6.45, 7) is -1.42. The fourth-order valence-electron chi connectivity index (χ4n) is 0.477. The summed E-state index contributed by atoms with van der Waals surface area (Å²) in [5, 5.41) is 2.34. The average molecular weight is 226 g/mol. The van der Waals surface area contributed by atoms with E-state index in [2.05, 4.69) is 5.32 Å². The predicted molar refractivity (Wildman–Crippen MR) is 54.6 cm³/mol. The lowest BCUT2D eigenvalue weighted by Crippen LogP contribution is -2.23. The predicted octanol–water partition coefficient (Wildman–Crippen LogP) is 0.959. The monoisotopic (exact) mass is 226 g/mol. The zero-order valence-electron chi connectivity index (χ0n) is 7.78. The molecular formula is C6H15N2O3PS. The first kappa shape index (κ1) is 13.0. The van der Waals surface area contributed by atoms with Gasteiger partial charge in [-0.15, -0.1) is 0 Å². The third-order valence-corrected chi connectivity index (χ3v) is 4.51. The van der Waals surface area contributed by atoms with Gasteiger partial charge in [0.2, 0.25) is 5.91 Å². The van der Waals surface area contributed by atoms with Crippen LogP contribution in [-0.4, -0.2) is 25.3 Å². The molecule has 0 aliphatic rings. The van der Waals surface area contributed by atoms with Crippen LogP contribution in [0.5, 0.6) is 0 Å². The molecule has 78 valence electrons. The molecule has 0 aromatic heterocycles. The minimum atomic E-state index is -3.12. The van der Waals surface area contributed by atoms with E-state index in [1.54, 1.807) is 0 Å². The van der Waals surface area contributed by atoms with E-state index in [1.807, 2.05) is 6.92 Å². The molecule has 0 aromatic carbocycles. The summed E-state index contributed by atoms with van der Waals surface area (Å²) in [7, 11) is 1.48. The molecule has 0 saturated heterocycles. The highest BCUT2D eigenvalue weighted by Gasteiger charge is 2.18. The second-order valence-electron chi connectivity index (χ2n) is 2.32. The summed E-state index contributed by atoms with van der Waals surface area (Å²) in [6.07, 6.45) is 0.870. The topological polar surface area (TPSA) is 81.4 Å². The van der Waals surface area contributed by atoms with Gasteiger partial charge in [0.25, 0.3) is 0 Å². The van der Waals surface area contributed by atoms with Crippen LogP contribution in [-0.2, 0) is 13.9 Å². The van der Waals surface area contributed by atoms with Crippen molar-refractivity contribution < 1.29 is 13.9 Å². The number of likely N-dealkylation sites (N-methyl/N-ethyl adjacent to an activating group) is 1. The van der Waals surface area contributed by atoms with Crippen molar-refractivity contribution in [1.29, 1.82) is 0 Å². The number of hydrogen-bond acceptors (Lipinski definition) is 4. The van der Waals surface area contributed by atoms with Crippen molar-refractivity contribution in [2.24, 2.45) is 5.50 Å². The maximum atomic E-state index is 11.3. The molecule has 5 nitrogen and oxygen atoms in total. The summed E-state index contributed by atoms with van der Waals surface area (Å²) < 4.78 is 16.1. The van der Waals surface area contributed by atoms with Crippen LogP contribution in [0.4, 0.5) is 0 Å². The molecule has 0 rings (SSSR count). The van der Waals surface area contributed by atoms with E-state index in [4.69, 9.17) is 10.0 Å². The Morgan fingerprint density at radius 2 is 2.31 bits per heavy atom. The molecule has 0 heterocycles. The first-order chi connectivity index (χ1) is 6.02. The maximum Gasteiger partial charge on any atom is 0.324 e. The van der Waals surface area contributed by atoms with Gasteiger partial charge in [0, 0.05) is 12.8 Å². The molecule has 1 amide bonds. The number of carbonyl (C=O) groups is 1. The van der Waals surface area contributed by atoms with Gasteiger partial charge in [-0.3, -0.25) is 14.9 Å². The average Bonchev–Trinajstić information content (AvgIpc) is 2.11. The molecule has 3 N–H and O–H groups in total. The number of nitrogens with two attached hydrogens (primary N) is 1. The zero-order chi connectivity index (χ0) is 10.3. The van der Waals surface area contributed by atoms with Gasteiger partial charge in [-0.2, -0.15) is 0 Å². The van der Waals surface area contributed by atoms with E-state index in [0.29, 0.717) is 5.75 Å². The molecule has 0 fully saturated rings. The third-order valence-electron chi connectivity index (χ3n) is 1.13. The van der Waals surface area contributed by atoms with Crippen LogP contribution in [0, 0.1) is 0 Å². The van der Waals surface area contributed by atoms with Gasteiger partial charge in [-0.1, -0.05) is 18.3 Å². The molecule has 0 saturated carbocycles. The van der Waals surface area contributed by atoms with E-state index in [1.165, 1.54) is 7.05 Å². The second kappa shape index (κ2) is 6.43. The number of carbonyl (C=O) groups excluding carboxylic acids is 1. The second-order valence-corrected chi connectivity index (χ2v) is 6.63. The SMILES string of the molecule is CCCSP(N)(=O)OCC(=O)NC. The Morgan fingerprint density at radius 1 is 1.69 bits per heavy atom. The van der Waals surface area contributed by atoms with Gasteiger partial charge in [0.15, 0.2) is 0 Å². The lowest BCUT2D eigenvalue weighted by Gasteiger charge is -2.10. The largest absolute Gasteiger partial charge is 0.357 e. The minimum absolute atomic E-state index is 0.249. The van der Waals surface area contributed by atoms with Crippen LogP contribution in [0.25, 0.3) is 0 Å². The Kier molecular flexibility index (Phi) is 6.41. The van der Waals surface area contributed by atoms with Crippen molar-refractivity contribution in [3.8, 4) is 0 Å². The van der Waals surface area contributed by atoms with E-state index < -0.39 is 6.72 Å². The third kappa shape index (κ3) is 7.07. The summed E-state index contributed by atoms with van der Waals surface area (Å²) in [5.41, 5.74) is 5.32. The molecule has 1 atom stereocenters. The highest BCUT2D eigenvalue weighted by Crippen LogP contribution is 2.52. The van der Waals surface area contributed by atoms with Crippen LogP contribution < -0.4 is 10.8 Å². The van der Waals surface area contributed by atoms with Crippen LogP contribution >= 0.6 is 18.1 Å². The lowest BCUT2D eigenvalue weighted by atomic mass is 10.6. The fraction of sp³-hybridized carbons (Fsp3) is 0.833. The van der Waals surface area contributed by atoms with E-state index in [-0.39, 0.29) is 12.5 Å². The molecule has 7 heteroatoms. The van der Waals surface area contributed by atoms with E-state index >= 15 is 0 Å². The lowest BCUT2D eigenvalue weighted by molar-refractivity contribution is -0.122. The highest BCUT2D eigenvalue weighted by molar-refractivity contribution is 8.55. The van der Waals surface area contributed by atoms with Crippen molar-refractivity contribution >= 4 is 24.0 Å². The molecule has 0 aromatic rings. The number of rotatable bonds is 6. The van der Waals surface area contributed by atoms with Gasteiger partial charge >= 0.3 is 6.72 Å².